The van der Waals surface area contributed by atoms with E-state index in [9.17, 15) is 4.79 Å². The van der Waals surface area contributed by atoms with Crippen molar-refractivity contribution in [3.63, 3.8) is 0 Å². The van der Waals surface area contributed by atoms with E-state index in [4.69, 9.17) is 37.4 Å². The van der Waals surface area contributed by atoms with Crippen LogP contribution < -0.4 is 9.47 Å². The predicted octanol–water partition coefficient (Wildman–Crippen LogP) is 5.50. The highest BCUT2D eigenvalue weighted by atomic mass is 35.5. The monoisotopic (exact) mass is 463 g/mol. The molecule has 31 heavy (non-hydrogen) atoms. The van der Waals surface area contributed by atoms with Crippen LogP contribution in [0.15, 0.2) is 61.2 Å². The van der Waals surface area contributed by atoms with E-state index in [1.165, 1.54) is 24.3 Å². The van der Waals surface area contributed by atoms with Crippen molar-refractivity contribution in [2.75, 3.05) is 5.88 Å². The van der Waals surface area contributed by atoms with Crippen LogP contribution >= 0.6 is 23.2 Å². The minimum Gasteiger partial charge on any atom is -0.465 e. The van der Waals surface area contributed by atoms with Crippen molar-refractivity contribution in [2.24, 2.45) is 5.41 Å². The molecule has 9 heteroatoms. The number of aromatic nitrogens is 3. The first-order valence-corrected chi connectivity index (χ1v) is 10.5. The van der Waals surface area contributed by atoms with E-state index in [0.717, 1.165) is 0 Å². The van der Waals surface area contributed by atoms with E-state index in [1.54, 1.807) is 48.5 Å². The van der Waals surface area contributed by atoms with E-state index in [2.05, 4.69) is 10.1 Å². The molecular formula is C22H23Cl2N3O4. The maximum atomic E-state index is 11.8. The highest BCUT2D eigenvalue weighted by Gasteiger charge is 2.41. The molecular weight excluding hydrogens is 441 g/mol. The summed E-state index contributed by atoms with van der Waals surface area (Å²) in [5.41, 5.74) is -0.596. The summed E-state index contributed by atoms with van der Waals surface area (Å²) in [6.07, 6.45) is 1.40. The number of alkyl halides is 1. The molecule has 164 valence electrons. The molecule has 0 fully saturated rings. The Labute approximate surface area is 190 Å². The van der Waals surface area contributed by atoms with Crippen LogP contribution in [-0.4, -0.2) is 32.7 Å². The topological polar surface area (TPSA) is 75.5 Å². The van der Waals surface area contributed by atoms with Gasteiger partial charge >= 0.3 is 5.97 Å². The minimum absolute atomic E-state index is 0.243. The Morgan fingerprint density at radius 3 is 2.16 bits per heavy atom. The summed E-state index contributed by atoms with van der Waals surface area (Å²) in [6, 6.07) is 14.1. The molecule has 0 spiro atoms. The van der Waals surface area contributed by atoms with Crippen LogP contribution in [0.4, 0.5) is 0 Å². The third-order valence-electron chi connectivity index (χ3n) is 4.49. The van der Waals surface area contributed by atoms with Gasteiger partial charge in [0.25, 0.3) is 0 Å². The van der Waals surface area contributed by atoms with Gasteiger partial charge in [0, 0.05) is 23.2 Å². The van der Waals surface area contributed by atoms with E-state index in [-0.39, 0.29) is 5.88 Å². The summed E-state index contributed by atoms with van der Waals surface area (Å²) in [7, 11) is 0. The number of rotatable bonds is 9. The average Bonchev–Trinajstić information content (AvgIpc) is 3.28. The Morgan fingerprint density at radius 2 is 1.65 bits per heavy atom. The Kier molecular flexibility index (Phi) is 7.41. The molecule has 7 nitrogen and oxygen atoms in total. The summed E-state index contributed by atoms with van der Waals surface area (Å²) < 4.78 is 19.1. The van der Waals surface area contributed by atoms with Gasteiger partial charge in [0.15, 0.2) is 6.10 Å². The zero-order valence-corrected chi connectivity index (χ0v) is 18.9. The first-order chi connectivity index (χ1) is 14.8. The highest BCUT2D eigenvalue weighted by Crippen LogP contribution is 2.35. The zero-order chi connectivity index (χ0) is 22.4. The van der Waals surface area contributed by atoms with E-state index >= 15 is 0 Å². The number of halogens is 2. The molecule has 0 saturated carbocycles. The molecule has 2 atom stereocenters. The third-order valence-corrected chi connectivity index (χ3v) is 5.43. The Hall–Kier alpha value is -2.77. The smallest absolute Gasteiger partial charge is 0.303 e. The van der Waals surface area contributed by atoms with Crippen LogP contribution in [0.2, 0.25) is 5.02 Å². The van der Waals surface area contributed by atoms with Gasteiger partial charge in [-0.05, 0) is 48.5 Å². The molecule has 0 aliphatic heterocycles. The normalized spacial score (nSPS) is 13.3. The second-order valence-corrected chi connectivity index (χ2v) is 8.27. The molecule has 2 unspecified atom stereocenters. The molecule has 0 radical (unpaired) electrons. The first kappa shape index (κ1) is 22.9. The summed E-state index contributed by atoms with van der Waals surface area (Å²) in [4.78, 5) is 15.8. The number of benzene rings is 2. The van der Waals surface area contributed by atoms with Gasteiger partial charge in [-0.3, -0.25) is 4.79 Å². The zero-order valence-electron chi connectivity index (χ0n) is 17.4. The molecule has 0 bridgehead atoms. The first-order valence-electron chi connectivity index (χ1n) is 9.56. The minimum atomic E-state index is -0.775. The molecule has 0 N–H and O–H groups in total. The van der Waals surface area contributed by atoms with Gasteiger partial charge in [-0.1, -0.05) is 25.4 Å². The highest BCUT2D eigenvalue weighted by molar-refractivity contribution is 6.30. The molecule has 3 rings (SSSR count). The van der Waals surface area contributed by atoms with Gasteiger partial charge in [0.1, 0.15) is 29.9 Å². The summed E-state index contributed by atoms with van der Waals surface area (Å²) in [6.45, 7) is 5.13. The number of carbonyl (C=O) groups is 1. The number of carbonyl (C=O) groups excluding carboxylic acids is 1. The van der Waals surface area contributed by atoms with Gasteiger partial charge in [-0.15, -0.1) is 11.6 Å². The molecule has 0 aliphatic carbocycles. The molecule has 0 aliphatic rings. The second-order valence-electron chi connectivity index (χ2n) is 7.56. The Bertz CT molecular complexity index is 977. The molecule has 0 amide bonds. The van der Waals surface area contributed by atoms with Crippen molar-refractivity contribution >= 4 is 29.2 Å². The van der Waals surface area contributed by atoms with Crippen LogP contribution in [0.25, 0.3) is 0 Å². The predicted molar refractivity (Wildman–Crippen MR) is 118 cm³/mol. The van der Waals surface area contributed by atoms with Crippen LogP contribution in [0.1, 0.15) is 27.0 Å². The molecule has 0 saturated heterocycles. The van der Waals surface area contributed by atoms with Gasteiger partial charge in [0.05, 0.1) is 0 Å². The van der Waals surface area contributed by atoms with Gasteiger partial charge in [0.2, 0.25) is 6.23 Å². The summed E-state index contributed by atoms with van der Waals surface area (Å²) in [5, 5.41) is 4.82. The number of hydrogen-bond acceptors (Lipinski definition) is 6. The SMILES string of the molecule is CC(=O)OC(C(Oc1ccc(Oc2ccc(Cl)cc2)cc1)n1cncn1)C(C)(C)CCl. The maximum Gasteiger partial charge on any atom is 0.303 e. The number of nitrogens with zero attached hydrogens (tertiary/aromatic N) is 3. The van der Waals surface area contributed by atoms with Crippen molar-refractivity contribution in [3.8, 4) is 17.2 Å². The number of ether oxygens (including phenoxy) is 3. The molecule has 1 heterocycles. The molecule has 3 aromatic rings. The van der Waals surface area contributed by atoms with E-state index in [1.807, 2.05) is 13.8 Å². The quantitative estimate of drug-likeness (QED) is 0.308. The Balaban J connectivity index is 1.82. The standard InChI is InChI=1S/C22H23Cl2N3O4/c1-15(28)29-20(22(2,3)12-23)21(27-14-25-13-26-27)31-19-10-8-18(9-11-19)30-17-6-4-16(24)5-7-17/h4-11,13-14,20-21H,12H2,1-3H3. The van der Waals surface area contributed by atoms with Crippen molar-refractivity contribution in [3.05, 3.63) is 66.2 Å². The lowest BCUT2D eigenvalue weighted by molar-refractivity contribution is -0.166. The largest absolute Gasteiger partial charge is 0.465 e. The second kappa shape index (κ2) is 10.0. The Morgan fingerprint density at radius 1 is 1.06 bits per heavy atom. The number of esters is 1. The van der Waals surface area contributed by atoms with Gasteiger partial charge in [-0.25, -0.2) is 9.67 Å². The van der Waals surface area contributed by atoms with Crippen LogP contribution in [0, 0.1) is 5.41 Å². The van der Waals surface area contributed by atoms with Crippen molar-refractivity contribution in [1.82, 2.24) is 14.8 Å². The van der Waals surface area contributed by atoms with Crippen molar-refractivity contribution in [1.29, 1.82) is 0 Å². The lowest BCUT2D eigenvalue weighted by Gasteiger charge is -2.36. The summed E-state index contributed by atoms with van der Waals surface area (Å²) in [5.74, 6) is 1.63. The van der Waals surface area contributed by atoms with E-state index in [0.29, 0.717) is 22.3 Å². The van der Waals surface area contributed by atoms with Crippen molar-refractivity contribution < 1.29 is 19.0 Å². The van der Waals surface area contributed by atoms with Gasteiger partial charge in [-0.2, -0.15) is 5.10 Å². The lowest BCUT2D eigenvalue weighted by atomic mass is 9.87. The third kappa shape index (κ3) is 6.12. The molecule has 2 aromatic carbocycles. The average molecular weight is 464 g/mol. The van der Waals surface area contributed by atoms with Gasteiger partial charge < -0.3 is 14.2 Å². The lowest BCUT2D eigenvalue weighted by Crippen LogP contribution is -2.44. The van der Waals surface area contributed by atoms with Crippen LogP contribution in [0.5, 0.6) is 17.2 Å². The fourth-order valence-electron chi connectivity index (χ4n) is 2.83. The van der Waals surface area contributed by atoms with E-state index < -0.39 is 23.7 Å². The fraction of sp³-hybridized carbons (Fsp3) is 0.318. The van der Waals surface area contributed by atoms with Crippen LogP contribution in [0.3, 0.4) is 0 Å². The summed E-state index contributed by atoms with van der Waals surface area (Å²) >= 11 is 12.1. The maximum absolute atomic E-state index is 11.8. The number of hydrogen-bond donors (Lipinski definition) is 0. The molecule has 1 aromatic heterocycles. The van der Waals surface area contributed by atoms with Crippen LogP contribution in [-0.2, 0) is 9.53 Å². The van der Waals surface area contributed by atoms with Crippen molar-refractivity contribution in [2.45, 2.75) is 33.1 Å². The fourth-order valence-corrected chi connectivity index (χ4v) is 3.10.